The number of hydrogen-bond donors (Lipinski definition) is 1. The fraction of sp³-hybridized carbons (Fsp3) is 0.684. The quantitative estimate of drug-likeness (QED) is 0.916. The van der Waals surface area contributed by atoms with Crippen LogP contribution >= 0.6 is 0 Å². The van der Waals surface area contributed by atoms with Crippen LogP contribution in [0.4, 0.5) is 0 Å². The molecular formula is C19H28N2. The van der Waals surface area contributed by atoms with E-state index in [9.17, 15) is 0 Å². The molecule has 2 unspecified atom stereocenters. The van der Waals surface area contributed by atoms with E-state index in [1.54, 1.807) is 16.7 Å². The zero-order chi connectivity index (χ0) is 14.1. The second-order valence-electron chi connectivity index (χ2n) is 7.19. The van der Waals surface area contributed by atoms with E-state index >= 15 is 0 Å². The maximum Gasteiger partial charge on any atom is 0.0252 e. The van der Waals surface area contributed by atoms with E-state index in [1.165, 1.54) is 64.5 Å². The summed E-state index contributed by atoms with van der Waals surface area (Å²) in [6.45, 7) is 3.68. The van der Waals surface area contributed by atoms with Gasteiger partial charge in [0.2, 0.25) is 0 Å². The molecule has 2 fully saturated rings. The third-order valence-electron chi connectivity index (χ3n) is 5.78. The van der Waals surface area contributed by atoms with E-state index in [4.69, 9.17) is 0 Å². The summed E-state index contributed by atoms with van der Waals surface area (Å²) in [6.07, 6.45) is 10.9. The second-order valence-corrected chi connectivity index (χ2v) is 7.19. The number of piperidine rings is 1. The number of aryl methyl sites for hydroxylation is 2. The Hall–Kier alpha value is -0.860. The van der Waals surface area contributed by atoms with E-state index in [0.29, 0.717) is 0 Å². The Morgan fingerprint density at radius 3 is 2.86 bits per heavy atom. The van der Waals surface area contributed by atoms with Crippen molar-refractivity contribution in [1.82, 2.24) is 10.2 Å². The Kier molecular flexibility index (Phi) is 4.00. The van der Waals surface area contributed by atoms with Crippen LogP contribution in [0, 0.1) is 0 Å². The first-order valence-corrected chi connectivity index (χ1v) is 8.98. The van der Waals surface area contributed by atoms with Crippen LogP contribution < -0.4 is 5.32 Å². The van der Waals surface area contributed by atoms with Crippen molar-refractivity contribution in [3.8, 4) is 0 Å². The van der Waals surface area contributed by atoms with E-state index in [0.717, 1.165) is 18.6 Å². The van der Waals surface area contributed by atoms with E-state index in [2.05, 4.69) is 28.4 Å². The monoisotopic (exact) mass is 284 g/mol. The Labute approximate surface area is 128 Å². The van der Waals surface area contributed by atoms with Crippen LogP contribution in [0.25, 0.3) is 0 Å². The van der Waals surface area contributed by atoms with E-state index in [1.807, 2.05) is 0 Å². The first kappa shape index (κ1) is 13.8. The van der Waals surface area contributed by atoms with Gasteiger partial charge in [0.05, 0.1) is 0 Å². The van der Waals surface area contributed by atoms with Gasteiger partial charge < -0.3 is 5.32 Å². The molecule has 2 atom stereocenters. The lowest BCUT2D eigenvalue weighted by Gasteiger charge is -2.39. The van der Waals surface area contributed by atoms with Gasteiger partial charge >= 0.3 is 0 Å². The van der Waals surface area contributed by atoms with Crippen LogP contribution in [0.5, 0.6) is 0 Å². The molecule has 1 aliphatic carbocycles. The van der Waals surface area contributed by atoms with Gasteiger partial charge in [-0.05, 0) is 74.7 Å². The second kappa shape index (κ2) is 6.10. The van der Waals surface area contributed by atoms with Crippen LogP contribution in [0.2, 0.25) is 0 Å². The fourth-order valence-corrected chi connectivity index (χ4v) is 4.67. The minimum absolute atomic E-state index is 0.750. The summed E-state index contributed by atoms with van der Waals surface area (Å²) in [5.41, 5.74) is 4.77. The molecule has 21 heavy (non-hydrogen) atoms. The molecule has 0 saturated carbocycles. The van der Waals surface area contributed by atoms with Crippen LogP contribution in [-0.2, 0) is 19.4 Å². The minimum Gasteiger partial charge on any atom is -0.312 e. The topological polar surface area (TPSA) is 15.3 Å². The van der Waals surface area contributed by atoms with Gasteiger partial charge in [0.15, 0.2) is 0 Å². The van der Waals surface area contributed by atoms with Crippen molar-refractivity contribution >= 4 is 0 Å². The number of fused-ring (bicyclic) bond motifs is 1. The van der Waals surface area contributed by atoms with Gasteiger partial charge in [0, 0.05) is 18.6 Å². The molecule has 1 N–H and O–H groups in total. The zero-order valence-corrected chi connectivity index (χ0v) is 13.1. The molecule has 2 heterocycles. The van der Waals surface area contributed by atoms with Crippen molar-refractivity contribution in [3.63, 3.8) is 0 Å². The molecule has 0 amide bonds. The lowest BCUT2D eigenvalue weighted by Crippen LogP contribution is -2.49. The third kappa shape index (κ3) is 2.89. The molecule has 0 aromatic heterocycles. The predicted molar refractivity (Wildman–Crippen MR) is 87.5 cm³/mol. The fourth-order valence-electron chi connectivity index (χ4n) is 4.67. The van der Waals surface area contributed by atoms with Gasteiger partial charge in [0.25, 0.3) is 0 Å². The molecule has 0 bridgehead atoms. The van der Waals surface area contributed by atoms with Crippen molar-refractivity contribution in [3.05, 3.63) is 34.9 Å². The van der Waals surface area contributed by atoms with E-state index in [-0.39, 0.29) is 0 Å². The normalized spacial score (nSPS) is 29.7. The molecule has 2 saturated heterocycles. The SMILES string of the molecule is c1cc2c(cc1CN1CCCCC1C1CCCN1)CCC2. The molecule has 2 heteroatoms. The average Bonchev–Trinajstić information content (AvgIpc) is 3.19. The Balaban J connectivity index is 1.48. The summed E-state index contributed by atoms with van der Waals surface area (Å²) < 4.78 is 0. The summed E-state index contributed by atoms with van der Waals surface area (Å²) >= 11 is 0. The highest BCUT2D eigenvalue weighted by Gasteiger charge is 2.31. The molecule has 2 aliphatic heterocycles. The van der Waals surface area contributed by atoms with Gasteiger partial charge in [-0.25, -0.2) is 0 Å². The predicted octanol–water partition coefficient (Wildman–Crippen LogP) is 3.28. The highest BCUT2D eigenvalue weighted by atomic mass is 15.2. The third-order valence-corrected chi connectivity index (χ3v) is 5.78. The highest BCUT2D eigenvalue weighted by molar-refractivity contribution is 5.35. The first-order chi connectivity index (χ1) is 10.4. The zero-order valence-electron chi connectivity index (χ0n) is 13.1. The average molecular weight is 284 g/mol. The number of hydrogen-bond acceptors (Lipinski definition) is 2. The Morgan fingerprint density at radius 2 is 1.95 bits per heavy atom. The van der Waals surface area contributed by atoms with E-state index < -0.39 is 0 Å². The van der Waals surface area contributed by atoms with Gasteiger partial charge in [-0.15, -0.1) is 0 Å². The molecular weight excluding hydrogens is 256 g/mol. The number of likely N-dealkylation sites (tertiary alicyclic amines) is 1. The summed E-state index contributed by atoms with van der Waals surface area (Å²) in [5.74, 6) is 0. The lowest BCUT2D eigenvalue weighted by molar-refractivity contribution is 0.112. The largest absolute Gasteiger partial charge is 0.312 e. The molecule has 4 rings (SSSR count). The van der Waals surface area contributed by atoms with Crippen LogP contribution in [0.1, 0.15) is 55.2 Å². The number of benzene rings is 1. The molecule has 2 nitrogen and oxygen atoms in total. The van der Waals surface area contributed by atoms with Gasteiger partial charge in [0.1, 0.15) is 0 Å². The van der Waals surface area contributed by atoms with Gasteiger partial charge in [-0.1, -0.05) is 24.6 Å². The molecule has 0 spiro atoms. The summed E-state index contributed by atoms with van der Waals surface area (Å²) in [4.78, 5) is 2.77. The standard InChI is InChI=1S/C19H28N2/c1-2-12-21(19(8-1)18-7-4-11-20-18)14-15-9-10-16-5-3-6-17(16)13-15/h9-10,13,18-20H,1-8,11-12,14H2. The molecule has 114 valence electrons. The summed E-state index contributed by atoms with van der Waals surface area (Å²) in [7, 11) is 0. The molecule has 1 aromatic carbocycles. The smallest absolute Gasteiger partial charge is 0.0252 e. The maximum absolute atomic E-state index is 3.74. The van der Waals surface area contributed by atoms with Crippen LogP contribution in [0.3, 0.4) is 0 Å². The number of nitrogens with zero attached hydrogens (tertiary/aromatic N) is 1. The molecule has 3 aliphatic rings. The number of rotatable bonds is 3. The van der Waals surface area contributed by atoms with Crippen LogP contribution in [0.15, 0.2) is 18.2 Å². The van der Waals surface area contributed by atoms with Gasteiger partial charge in [-0.2, -0.15) is 0 Å². The Morgan fingerprint density at radius 1 is 1.00 bits per heavy atom. The van der Waals surface area contributed by atoms with Crippen molar-refractivity contribution < 1.29 is 0 Å². The van der Waals surface area contributed by atoms with Crippen molar-refractivity contribution in [2.75, 3.05) is 13.1 Å². The maximum atomic E-state index is 3.74. The first-order valence-electron chi connectivity index (χ1n) is 8.98. The summed E-state index contributed by atoms with van der Waals surface area (Å²) in [6, 6.07) is 8.80. The molecule has 1 aromatic rings. The van der Waals surface area contributed by atoms with Gasteiger partial charge in [-0.3, -0.25) is 4.90 Å². The van der Waals surface area contributed by atoms with Crippen molar-refractivity contribution in [1.29, 1.82) is 0 Å². The lowest BCUT2D eigenvalue weighted by atomic mass is 9.93. The van der Waals surface area contributed by atoms with Crippen molar-refractivity contribution in [2.45, 2.75) is 70.0 Å². The minimum atomic E-state index is 0.750. The Bertz CT molecular complexity index is 490. The number of nitrogens with one attached hydrogen (secondary N) is 1. The highest BCUT2D eigenvalue weighted by Crippen LogP contribution is 2.28. The van der Waals surface area contributed by atoms with Crippen molar-refractivity contribution in [2.24, 2.45) is 0 Å². The molecule has 0 radical (unpaired) electrons. The van der Waals surface area contributed by atoms with Crippen LogP contribution in [-0.4, -0.2) is 30.1 Å². The summed E-state index contributed by atoms with van der Waals surface area (Å²) in [5, 5.41) is 3.74.